The Morgan fingerprint density at radius 3 is 2.60 bits per heavy atom. The molecule has 8 heteroatoms. The van der Waals surface area contributed by atoms with E-state index in [-0.39, 0.29) is 52.9 Å². The molecule has 7 nitrogen and oxygen atoms in total. The molecule has 0 radical (unpaired) electrons. The predicted molar refractivity (Wildman–Crippen MR) is 152 cm³/mol. The third-order valence-electron chi connectivity index (χ3n) is 8.60. The number of methoxy groups -OCH3 is 1. The predicted octanol–water partition coefficient (Wildman–Crippen LogP) is 3.34. The number of rotatable bonds is 4. The summed E-state index contributed by atoms with van der Waals surface area (Å²) in [5.74, 6) is -0.161. The van der Waals surface area contributed by atoms with Crippen molar-refractivity contribution in [2.75, 3.05) is 7.11 Å². The molecule has 0 spiro atoms. The Hall–Kier alpha value is -3.51. The molecule has 0 N–H and O–H groups in total. The van der Waals surface area contributed by atoms with Crippen LogP contribution < -0.4 is 20.7 Å². The van der Waals surface area contributed by atoms with Crippen LogP contribution in [0.15, 0.2) is 67.0 Å². The van der Waals surface area contributed by atoms with E-state index in [0.29, 0.717) is 11.6 Å². The van der Waals surface area contributed by atoms with Gasteiger partial charge in [0.2, 0.25) is 0 Å². The van der Waals surface area contributed by atoms with Crippen molar-refractivity contribution in [1.29, 1.82) is 0 Å². The molecule has 0 unspecified atom stereocenters. The van der Waals surface area contributed by atoms with Gasteiger partial charge in [0.05, 0.1) is 29.9 Å². The fourth-order valence-electron chi connectivity index (χ4n) is 6.31. The van der Waals surface area contributed by atoms with Crippen LogP contribution in [0.4, 0.5) is 0 Å². The molecule has 0 amide bonds. The van der Waals surface area contributed by atoms with Gasteiger partial charge in [0.15, 0.2) is 0 Å². The summed E-state index contributed by atoms with van der Waals surface area (Å²) in [6, 6.07) is 0. The van der Waals surface area contributed by atoms with E-state index < -0.39 is 0 Å². The average Bonchev–Trinajstić information content (AvgIpc) is 3.66. The zero-order valence-electron chi connectivity index (χ0n) is 23.6. The largest absolute Gasteiger partial charge is 2.00 e. The van der Waals surface area contributed by atoms with Crippen LogP contribution in [0.2, 0.25) is 0 Å². The van der Waals surface area contributed by atoms with Gasteiger partial charge in [-0.05, 0) is 85.8 Å². The Kier molecular flexibility index (Phi) is 7.34. The van der Waals surface area contributed by atoms with Crippen LogP contribution in [0.1, 0.15) is 64.6 Å². The van der Waals surface area contributed by atoms with Crippen LogP contribution in [0.3, 0.4) is 0 Å². The Balaban J connectivity index is 0.00000323. The monoisotopic (exact) mass is 578 g/mol. The standard InChI is InChI=1S/C32H33N4O3.Ni/c1-7-20-16(3)24-11-19-10-15(2)23(33-19)13-25-17(4)21(8-9-29(38)39-6)31(35-25)22-12-28(37)30-18(5)26(36-32(22)30)14-27(20)34-24;/h10-11,13-14,17,21H,7-9,12H2,1-6H3,(H-,33,34,35,36,37);/q-1;+2/p-1/t17-,21-;/m0./s1. The van der Waals surface area contributed by atoms with Gasteiger partial charge in [0.25, 0.3) is 0 Å². The number of aromatic nitrogens is 1. The second-order valence-corrected chi connectivity index (χ2v) is 10.9. The van der Waals surface area contributed by atoms with Gasteiger partial charge in [0, 0.05) is 29.7 Å². The van der Waals surface area contributed by atoms with Crippen LogP contribution >= 0.6 is 0 Å². The van der Waals surface area contributed by atoms with E-state index in [1.54, 1.807) is 0 Å². The molecule has 8 bridgehead atoms. The minimum absolute atomic E-state index is 0. The molecule has 1 aliphatic carbocycles. The number of allylic oxidation sites excluding steroid dienone is 7. The van der Waals surface area contributed by atoms with Crippen LogP contribution in [-0.4, -0.2) is 30.2 Å². The molecule has 208 valence electrons. The van der Waals surface area contributed by atoms with Gasteiger partial charge < -0.3 is 14.8 Å². The fraction of sp³-hybridized carbons (Fsp3) is 0.375. The second-order valence-electron chi connectivity index (χ2n) is 10.9. The number of hydrogen-bond acceptors (Lipinski definition) is 6. The first-order chi connectivity index (χ1) is 18.7. The summed E-state index contributed by atoms with van der Waals surface area (Å²) in [6.45, 7) is 10.4. The van der Waals surface area contributed by atoms with Crippen LogP contribution in [-0.2, 0) is 26.0 Å². The van der Waals surface area contributed by atoms with Crippen molar-refractivity contribution in [2.24, 2.45) is 26.8 Å². The van der Waals surface area contributed by atoms with E-state index in [2.05, 4.69) is 39.8 Å². The number of hydrogen-bond donors (Lipinski definition) is 0. The van der Waals surface area contributed by atoms with Gasteiger partial charge in [-0.15, -0.1) is 16.8 Å². The van der Waals surface area contributed by atoms with Crippen molar-refractivity contribution in [2.45, 2.75) is 60.3 Å². The smallest absolute Gasteiger partial charge is 0.875 e. The molecule has 1 aromatic heterocycles. The zero-order chi connectivity index (χ0) is 27.6. The Labute approximate surface area is 244 Å². The van der Waals surface area contributed by atoms with E-state index in [4.69, 9.17) is 24.7 Å². The molecule has 40 heavy (non-hydrogen) atoms. The van der Waals surface area contributed by atoms with Gasteiger partial charge in [-0.3, -0.25) is 9.79 Å². The number of fused-ring (bicyclic) bond motifs is 5. The fourth-order valence-corrected chi connectivity index (χ4v) is 6.31. The molecule has 0 fully saturated rings. The number of carbonyl (C=O) groups excluding carboxylic acids is 1. The Morgan fingerprint density at radius 1 is 1.10 bits per heavy atom. The van der Waals surface area contributed by atoms with Crippen molar-refractivity contribution < 1.29 is 31.1 Å². The minimum Gasteiger partial charge on any atom is -0.875 e. The summed E-state index contributed by atoms with van der Waals surface area (Å²) in [5.41, 5.74) is 11.2. The third-order valence-corrected chi connectivity index (χ3v) is 8.60. The first-order valence-electron chi connectivity index (χ1n) is 13.6. The first kappa shape index (κ1) is 28.0. The molecule has 0 saturated carbocycles. The van der Waals surface area contributed by atoms with Crippen LogP contribution in [0, 0.1) is 18.8 Å². The maximum absolute atomic E-state index is 13.3. The molecule has 4 aliphatic heterocycles. The van der Waals surface area contributed by atoms with Gasteiger partial charge in [0.1, 0.15) is 0 Å². The topological polar surface area (TPSA) is 101 Å². The summed E-state index contributed by atoms with van der Waals surface area (Å²) in [5, 5.41) is 14.8. The number of nitrogens with zero attached hydrogens (tertiary/aromatic N) is 4. The maximum Gasteiger partial charge on any atom is 2.00 e. The molecular formula is C32H32N4NiO3. The van der Waals surface area contributed by atoms with Gasteiger partial charge in [-0.2, -0.15) is 0 Å². The molecule has 6 rings (SSSR count). The summed E-state index contributed by atoms with van der Waals surface area (Å²) < 4.78 is 4.93. The van der Waals surface area contributed by atoms with Crippen LogP contribution in [0.5, 0.6) is 0 Å². The van der Waals surface area contributed by atoms with Gasteiger partial charge >= 0.3 is 22.5 Å². The van der Waals surface area contributed by atoms with Crippen molar-refractivity contribution in [3.8, 4) is 0 Å². The molecule has 5 heterocycles. The average molecular weight is 579 g/mol. The maximum atomic E-state index is 13.3. The molecule has 2 atom stereocenters. The summed E-state index contributed by atoms with van der Waals surface area (Å²) in [7, 11) is 1.41. The number of carbonyl (C=O) groups is 1. The minimum atomic E-state index is -0.248. The molecule has 0 aromatic carbocycles. The van der Waals surface area contributed by atoms with Crippen molar-refractivity contribution in [3.63, 3.8) is 0 Å². The van der Waals surface area contributed by atoms with Crippen LogP contribution in [0.25, 0.3) is 17.4 Å². The quantitative estimate of drug-likeness (QED) is 0.404. The SMILES string of the molecule is CCC1=C(C)C2=NC1=Cc1[n-]c3c(c1C)=C([O-])CC=3C1=NC(=CC3=NC(=C2)C=C3C)[C@@H](C)[C@@H]1CCC(=O)OC.[Ni+2]. The zero-order valence-corrected chi connectivity index (χ0v) is 24.6. The summed E-state index contributed by atoms with van der Waals surface area (Å²) in [4.78, 5) is 32.1. The second kappa shape index (κ2) is 10.5. The summed E-state index contributed by atoms with van der Waals surface area (Å²) >= 11 is 0. The van der Waals surface area contributed by atoms with E-state index >= 15 is 0 Å². The number of ether oxygens (including phenoxy) is 1. The van der Waals surface area contributed by atoms with E-state index in [1.807, 2.05) is 19.1 Å². The van der Waals surface area contributed by atoms with E-state index in [9.17, 15) is 9.90 Å². The molecule has 0 saturated heterocycles. The van der Waals surface area contributed by atoms with Crippen molar-refractivity contribution in [3.05, 3.63) is 73.9 Å². The summed E-state index contributed by atoms with van der Waals surface area (Å²) in [6.07, 6.45) is 10.2. The van der Waals surface area contributed by atoms with Crippen molar-refractivity contribution in [1.82, 2.24) is 4.98 Å². The number of aliphatic imine (C=N–C) groups is 3. The van der Waals surface area contributed by atoms with E-state index in [0.717, 1.165) is 74.0 Å². The Bertz CT molecular complexity index is 1720. The van der Waals surface area contributed by atoms with Crippen molar-refractivity contribution >= 4 is 40.5 Å². The third kappa shape index (κ3) is 4.43. The van der Waals surface area contributed by atoms with Gasteiger partial charge in [-0.25, -0.2) is 9.98 Å². The normalized spacial score (nSPS) is 22.8. The first-order valence-corrected chi connectivity index (χ1v) is 13.6. The Morgan fingerprint density at radius 2 is 1.88 bits per heavy atom. The van der Waals surface area contributed by atoms with Gasteiger partial charge in [-0.1, -0.05) is 25.5 Å². The molecular weight excluding hydrogens is 547 g/mol. The molecule has 5 aliphatic rings. The number of esters is 1. The van der Waals surface area contributed by atoms with E-state index in [1.165, 1.54) is 12.7 Å². The molecule has 1 aromatic rings.